The Bertz CT molecular complexity index is 1890. The van der Waals surface area contributed by atoms with Gasteiger partial charge in [0.15, 0.2) is 17.3 Å². The number of para-hydroxylation sites is 1. The molecule has 0 N–H and O–H groups in total. The number of ether oxygens (including phenoxy) is 4. The number of hydrogen-bond acceptors (Lipinski definition) is 7. The fourth-order valence-electron chi connectivity index (χ4n) is 5.00. The van der Waals surface area contributed by atoms with Gasteiger partial charge in [-0.05, 0) is 78.1 Å². The van der Waals surface area contributed by atoms with Gasteiger partial charge in [-0.1, -0.05) is 38.1 Å². The zero-order chi connectivity index (χ0) is 31.4. The fourth-order valence-corrected chi connectivity index (χ4v) is 5.00. The van der Waals surface area contributed by atoms with E-state index in [-0.39, 0.29) is 23.9 Å². The van der Waals surface area contributed by atoms with Crippen LogP contribution in [-0.4, -0.2) is 37.2 Å². The van der Waals surface area contributed by atoms with Crippen LogP contribution in [0.5, 0.6) is 23.0 Å². The van der Waals surface area contributed by atoms with Gasteiger partial charge in [-0.3, -0.25) is 4.79 Å². The van der Waals surface area contributed by atoms with E-state index in [4.69, 9.17) is 23.9 Å². The third-order valence-electron chi connectivity index (χ3n) is 7.27. The van der Waals surface area contributed by atoms with Gasteiger partial charge < -0.3 is 18.9 Å². The van der Waals surface area contributed by atoms with E-state index in [9.17, 15) is 9.18 Å². The number of rotatable bonds is 10. The van der Waals surface area contributed by atoms with E-state index in [1.54, 1.807) is 49.7 Å². The van der Waals surface area contributed by atoms with Crippen molar-refractivity contribution in [2.75, 3.05) is 21.3 Å². The third-order valence-corrected chi connectivity index (χ3v) is 7.27. The number of fused-ring (bicyclic) bond motifs is 1. The molecule has 0 bridgehead atoms. The lowest BCUT2D eigenvalue weighted by Crippen LogP contribution is -2.20. The summed E-state index contributed by atoms with van der Waals surface area (Å²) in [6.45, 7) is 6.24. The number of aryl methyl sites for hydroxylation is 1. The van der Waals surface area contributed by atoms with Gasteiger partial charge in [-0.2, -0.15) is 9.78 Å². The molecule has 0 unspecified atom stereocenters. The van der Waals surface area contributed by atoms with E-state index in [0.29, 0.717) is 45.1 Å². The van der Waals surface area contributed by atoms with Gasteiger partial charge in [-0.25, -0.2) is 9.37 Å². The Balaban J connectivity index is 1.61. The minimum Gasteiger partial charge on any atom is -0.496 e. The lowest BCUT2D eigenvalue weighted by molar-refractivity contribution is 0.265. The van der Waals surface area contributed by atoms with Gasteiger partial charge in [0.1, 0.15) is 18.2 Å². The number of benzene rings is 4. The van der Waals surface area contributed by atoms with Gasteiger partial charge >= 0.3 is 0 Å². The molecule has 0 radical (unpaired) electrons. The molecule has 44 heavy (non-hydrogen) atoms. The van der Waals surface area contributed by atoms with E-state index < -0.39 is 0 Å². The van der Waals surface area contributed by atoms with E-state index in [0.717, 1.165) is 22.4 Å². The van der Waals surface area contributed by atoms with Crippen LogP contribution in [0.15, 0.2) is 82.7 Å². The molecule has 0 aliphatic rings. The Morgan fingerprint density at radius 3 is 2.27 bits per heavy atom. The highest BCUT2D eigenvalue weighted by atomic mass is 19.1. The predicted molar refractivity (Wildman–Crippen MR) is 170 cm³/mol. The molecule has 9 heteroatoms. The summed E-state index contributed by atoms with van der Waals surface area (Å²) in [6, 6.07) is 20.8. The maximum Gasteiger partial charge on any atom is 0.282 e. The maximum absolute atomic E-state index is 13.8. The number of nitrogens with zero attached hydrogens (tertiary/aromatic N) is 3. The minimum absolute atomic E-state index is 0.110. The Morgan fingerprint density at radius 1 is 0.909 bits per heavy atom. The predicted octanol–water partition coefficient (Wildman–Crippen LogP) is 7.12. The summed E-state index contributed by atoms with van der Waals surface area (Å²) in [5, 5.41) is 5.08. The fraction of sp³-hybridized carbons (Fsp3) is 0.229. The van der Waals surface area contributed by atoms with Crippen molar-refractivity contribution in [3.05, 3.63) is 111 Å². The maximum atomic E-state index is 13.8. The molecule has 1 aromatic heterocycles. The van der Waals surface area contributed by atoms with Crippen molar-refractivity contribution >= 4 is 17.1 Å². The van der Waals surface area contributed by atoms with Crippen LogP contribution in [-0.2, 0) is 6.61 Å². The summed E-state index contributed by atoms with van der Waals surface area (Å²) in [5.41, 5.74) is 4.17. The van der Waals surface area contributed by atoms with Gasteiger partial charge in [-0.15, -0.1) is 0 Å². The van der Waals surface area contributed by atoms with Crippen molar-refractivity contribution in [2.45, 2.75) is 33.3 Å². The molecule has 1 heterocycles. The highest BCUT2D eigenvalue weighted by Gasteiger charge is 2.19. The average Bonchev–Trinajstić information content (AvgIpc) is 3.02. The Kier molecular flexibility index (Phi) is 8.94. The molecule has 0 saturated heterocycles. The molecule has 0 aliphatic carbocycles. The molecule has 8 nitrogen and oxygen atoms in total. The van der Waals surface area contributed by atoms with Gasteiger partial charge in [0.05, 0.1) is 38.4 Å². The Morgan fingerprint density at radius 2 is 1.61 bits per heavy atom. The molecular formula is C35H34FN3O5. The molecule has 5 rings (SSSR count). The SMILES string of the molecule is COc1cc(C)c(-c2nc3ccccc3c(=O)n2N=Cc2cc(OC)c(OCc3cccc(F)c3)c(OC)c2)cc1C(C)C. The summed E-state index contributed by atoms with van der Waals surface area (Å²) in [4.78, 5) is 18.7. The highest BCUT2D eigenvalue weighted by Crippen LogP contribution is 2.39. The van der Waals surface area contributed by atoms with Crippen LogP contribution in [0.2, 0.25) is 0 Å². The van der Waals surface area contributed by atoms with Crippen LogP contribution >= 0.6 is 0 Å². The Labute approximate surface area is 255 Å². The average molecular weight is 596 g/mol. The van der Waals surface area contributed by atoms with Crippen LogP contribution in [0.3, 0.4) is 0 Å². The third kappa shape index (κ3) is 6.13. The van der Waals surface area contributed by atoms with Crippen LogP contribution in [0.4, 0.5) is 4.39 Å². The summed E-state index contributed by atoms with van der Waals surface area (Å²) < 4.78 is 37.8. The zero-order valence-electron chi connectivity index (χ0n) is 25.6. The van der Waals surface area contributed by atoms with Crippen LogP contribution < -0.4 is 24.5 Å². The summed E-state index contributed by atoms with van der Waals surface area (Å²) in [5.74, 6) is 2.14. The van der Waals surface area contributed by atoms with E-state index in [2.05, 4.69) is 18.9 Å². The first-order chi connectivity index (χ1) is 21.2. The summed E-state index contributed by atoms with van der Waals surface area (Å²) in [6.07, 6.45) is 1.55. The van der Waals surface area contributed by atoms with Crippen molar-refractivity contribution in [3.63, 3.8) is 0 Å². The van der Waals surface area contributed by atoms with E-state index in [1.807, 2.05) is 31.2 Å². The van der Waals surface area contributed by atoms with Crippen molar-refractivity contribution in [2.24, 2.45) is 5.10 Å². The van der Waals surface area contributed by atoms with E-state index in [1.165, 1.54) is 31.0 Å². The molecule has 0 amide bonds. The van der Waals surface area contributed by atoms with Crippen LogP contribution in [0.1, 0.15) is 42.0 Å². The lowest BCUT2D eigenvalue weighted by Gasteiger charge is -2.17. The number of aromatic nitrogens is 2. The number of hydrogen-bond donors (Lipinski definition) is 0. The smallest absolute Gasteiger partial charge is 0.282 e. The molecule has 4 aromatic carbocycles. The molecular weight excluding hydrogens is 561 g/mol. The molecule has 0 saturated carbocycles. The van der Waals surface area contributed by atoms with Gasteiger partial charge in [0.25, 0.3) is 5.56 Å². The monoisotopic (exact) mass is 595 g/mol. The normalized spacial score (nSPS) is 11.4. The van der Waals surface area contributed by atoms with Crippen molar-refractivity contribution in [1.82, 2.24) is 9.66 Å². The van der Waals surface area contributed by atoms with Crippen molar-refractivity contribution in [1.29, 1.82) is 0 Å². The van der Waals surface area contributed by atoms with Crippen molar-refractivity contribution < 1.29 is 23.3 Å². The standard InChI is InChI=1S/C35H34FN3O5/c1-21(2)27-18-28(22(3)14-30(27)41-4)34-38-29-13-8-7-12-26(29)35(40)39(34)37-19-24-16-31(42-5)33(32(17-24)43-6)44-20-23-10-9-11-25(36)15-23/h7-19,21H,20H2,1-6H3. The summed E-state index contributed by atoms with van der Waals surface area (Å²) >= 11 is 0. The first-order valence-electron chi connectivity index (χ1n) is 14.1. The molecule has 0 atom stereocenters. The van der Waals surface area contributed by atoms with E-state index >= 15 is 0 Å². The lowest BCUT2D eigenvalue weighted by atomic mass is 9.96. The molecule has 0 fully saturated rings. The second-order valence-electron chi connectivity index (χ2n) is 10.6. The first kappa shape index (κ1) is 30.3. The summed E-state index contributed by atoms with van der Waals surface area (Å²) in [7, 11) is 4.67. The van der Waals surface area contributed by atoms with Gasteiger partial charge in [0.2, 0.25) is 5.75 Å². The van der Waals surface area contributed by atoms with Crippen molar-refractivity contribution in [3.8, 4) is 34.4 Å². The second-order valence-corrected chi connectivity index (χ2v) is 10.6. The number of halogens is 1. The molecule has 226 valence electrons. The molecule has 0 aliphatic heterocycles. The minimum atomic E-state index is -0.348. The number of methoxy groups -OCH3 is 3. The van der Waals surface area contributed by atoms with Gasteiger partial charge in [0, 0.05) is 11.1 Å². The Hall–Kier alpha value is -5.18. The second kappa shape index (κ2) is 13.0. The highest BCUT2D eigenvalue weighted by molar-refractivity contribution is 5.84. The van der Waals surface area contributed by atoms with Crippen LogP contribution in [0, 0.1) is 12.7 Å². The largest absolute Gasteiger partial charge is 0.496 e. The molecule has 5 aromatic rings. The van der Waals surface area contributed by atoms with Crippen LogP contribution in [0.25, 0.3) is 22.3 Å². The molecule has 0 spiro atoms. The quantitative estimate of drug-likeness (QED) is 0.160. The first-order valence-corrected chi connectivity index (χ1v) is 14.1. The topological polar surface area (TPSA) is 84.2 Å². The zero-order valence-corrected chi connectivity index (χ0v) is 25.6.